The average Bonchev–Trinajstić information content (AvgIpc) is 3.17. The zero-order chi connectivity index (χ0) is 14.7. The summed E-state index contributed by atoms with van der Waals surface area (Å²) in [5, 5.41) is 0.547. The van der Waals surface area contributed by atoms with E-state index in [-0.39, 0.29) is 18.1 Å². The topological polar surface area (TPSA) is 42.4 Å². The Kier molecular flexibility index (Phi) is 5.03. The van der Waals surface area contributed by atoms with E-state index >= 15 is 0 Å². The van der Waals surface area contributed by atoms with E-state index in [9.17, 15) is 4.79 Å². The van der Waals surface area contributed by atoms with E-state index in [1.165, 1.54) is 0 Å². The van der Waals surface area contributed by atoms with Crippen molar-refractivity contribution in [3.8, 4) is 0 Å². The molecular weight excluding hydrogens is 308 g/mol. The quantitative estimate of drug-likeness (QED) is 0.853. The molecule has 2 aliphatic rings. The number of pyridine rings is 1. The van der Waals surface area contributed by atoms with E-state index in [0.717, 1.165) is 37.4 Å². The largest absolute Gasteiger partial charge is 0.376 e. The van der Waals surface area contributed by atoms with Crippen LogP contribution in [-0.4, -0.2) is 52.6 Å². The van der Waals surface area contributed by atoms with Gasteiger partial charge in [-0.3, -0.25) is 9.78 Å². The first-order valence-electron chi connectivity index (χ1n) is 7.36. The van der Waals surface area contributed by atoms with E-state index in [0.29, 0.717) is 17.3 Å². The summed E-state index contributed by atoms with van der Waals surface area (Å²) in [6, 6.07) is 3.62. The predicted octanol–water partition coefficient (Wildman–Crippen LogP) is 2.86. The second-order valence-electron chi connectivity index (χ2n) is 5.47. The van der Waals surface area contributed by atoms with Crippen molar-refractivity contribution >= 4 is 29.3 Å². The monoisotopic (exact) mass is 326 g/mol. The molecule has 0 spiro atoms. The van der Waals surface area contributed by atoms with E-state index in [1.807, 2.05) is 16.7 Å². The van der Waals surface area contributed by atoms with Crippen molar-refractivity contribution in [2.45, 2.75) is 31.4 Å². The SMILES string of the molecule is O=C(c1cc(Cl)ccn1)N(CC1CCCO1)C1CCSC1. The van der Waals surface area contributed by atoms with Crippen molar-refractivity contribution in [1.29, 1.82) is 0 Å². The molecule has 2 aliphatic heterocycles. The molecule has 3 rings (SSSR count). The Bertz CT molecular complexity index is 502. The molecule has 2 fully saturated rings. The molecule has 0 aromatic carbocycles. The van der Waals surface area contributed by atoms with Gasteiger partial charge in [-0.25, -0.2) is 0 Å². The van der Waals surface area contributed by atoms with Gasteiger partial charge in [0.1, 0.15) is 5.69 Å². The third-order valence-electron chi connectivity index (χ3n) is 3.97. The molecule has 0 radical (unpaired) electrons. The number of rotatable bonds is 4. The Hall–Kier alpha value is -0.780. The molecular formula is C15H19ClN2O2S. The Morgan fingerprint density at radius 3 is 3.10 bits per heavy atom. The van der Waals surface area contributed by atoms with Gasteiger partial charge in [-0.05, 0) is 37.1 Å². The zero-order valence-electron chi connectivity index (χ0n) is 11.8. The number of amides is 1. The van der Waals surface area contributed by atoms with Crippen molar-refractivity contribution in [3.63, 3.8) is 0 Å². The lowest BCUT2D eigenvalue weighted by molar-refractivity contribution is 0.0437. The Morgan fingerprint density at radius 1 is 1.52 bits per heavy atom. The van der Waals surface area contributed by atoms with Gasteiger partial charge < -0.3 is 9.64 Å². The van der Waals surface area contributed by atoms with Gasteiger partial charge in [0.25, 0.3) is 5.91 Å². The van der Waals surface area contributed by atoms with Crippen LogP contribution in [0, 0.1) is 0 Å². The number of hydrogen-bond donors (Lipinski definition) is 0. The van der Waals surface area contributed by atoms with E-state index in [1.54, 1.807) is 18.3 Å². The fraction of sp³-hybridized carbons (Fsp3) is 0.600. The summed E-state index contributed by atoms with van der Waals surface area (Å²) in [6.45, 7) is 1.47. The molecule has 114 valence electrons. The summed E-state index contributed by atoms with van der Waals surface area (Å²) in [6.07, 6.45) is 4.92. The fourth-order valence-electron chi connectivity index (χ4n) is 2.84. The number of hydrogen-bond acceptors (Lipinski definition) is 4. The minimum Gasteiger partial charge on any atom is -0.376 e. The molecule has 1 aromatic rings. The van der Waals surface area contributed by atoms with E-state index < -0.39 is 0 Å². The van der Waals surface area contributed by atoms with Gasteiger partial charge in [-0.15, -0.1) is 0 Å². The molecule has 21 heavy (non-hydrogen) atoms. The van der Waals surface area contributed by atoms with E-state index in [2.05, 4.69) is 4.98 Å². The summed E-state index contributed by atoms with van der Waals surface area (Å²) < 4.78 is 5.71. The van der Waals surface area contributed by atoms with Crippen LogP contribution >= 0.6 is 23.4 Å². The molecule has 2 unspecified atom stereocenters. The molecule has 1 amide bonds. The van der Waals surface area contributed by atoms with Crippen molar-refractivity contribution in [3.05, 3.63) is 29.0 Å². The average molecular weight is 327 g/mol. The predicted molar refractivity (Wildman–Crippen MR) is 85.0 cm³/mol. The fourth-order valence-corrected chi connectivity index (χ4v) is 4.23. The molecule has 2 saturated heterocycles. The number of halogens is 1. The van der Waals surface area contributed by atoms with Crippen LogP contribution in [0.4, 0.5) is 0 Å². The van der Waals surface area contributed by atoms with Gasteiger partial charge in [0, 0.05) is 36.2 Å². The molecule has 0 aliphatic carbocycles. The highest BCUT2D eigenvalue weighted by Gasteiger charge is 2.31. The van der Waals surface area contributed by atoms with Crippen LogP contribution in [0.3, 0.4) is 0 Å². The molecule has 2 atom stereocenters. The minimum absolute atomic E-state index is 0.0273. The van der Waals surface area contributed by atoms with Crippen LogP contribution in [-0.2, 0) is 4.74 Å². The maximum Gasteiger partial charge on any atom is 0.272 e. The van der Waals surface area contributed by atoms with Crippen LogP contribution < -0.4 is 0 Å². The number of carbonyl (C=O) groups is 1. The lowest BCUT2D eigenvalue weighted by atomic mass is 10.1. The van der Waals surface area contributed by atoms with Crippen molar-refractivity contribution in [1.82, 2.24) is 9.88 Å². The van der Waals surface area contributed by atoms with Crippen molar-refractivity contribution in [2.75, 3.05) is 24.7 Å². The molecule has 1 aromatic heterocycles. The van der Waals surface area contributed by atoms with Gasteiger partial charge >= 0.3 is 0 Å². The zero-order valence-corrected chi connectivity index (χ0v) is 13.4. The van der Waals surface area contributed by atoms with Crippen molar-refractivity contribution in [2.24, 2.45) is 0 Å². The molecule has 0 saturated carbocycles. The second kappa shape index (κ2) is 6.99. The molecule has 0 N–H and O–H groups in total. The van der Waals surface area contributed by atoms with Gasteiger partial charge in [0.15, 0.2) is 0 Å². The number of ether oxygens (including phenoxy) is 1. The second-order valence-corrected chi connectivity index (χ2v) is 7.06. The van der Waals surface area contributed by atoms with Gasteiger partial charge in [0.2, 0.25) is 0 Å². The van der Waals surface area contributed by atoms with Gasteiger partial charge in [0.05, 0.1) is 6.10 Å². The van der Waals surface area contributed by atoms with Crippen molar-refractivity contribution < 1.29 is 9.53 Å². The Morgan fingerprint density at radius 2 is 2.43 bits per heavy atom. The number of aromatic nitrogens is 1. The molecule has 0 bridgehead atoms. The third kappa shape index (κ3) is 3.71. The Balaban J connectivity index is 1.77. The van der Waals surface area contributed by atoms with Gasteiger partial charge in [-0.1, -0.05) is 11.6 Å². The summed E-state index contributed by atoms with van der Waals surface area (Å²) in [5.41, 5.74) is 0.428. The lowest BCUT2D eigenvalue weighted by Gasteiger charge is -2.30. The lowest BCUT2D eigenvalue weighted by Crippen LogP contribution is -2.45. The first-order chi connectivity index (χ1) is 10.2. The standard InChI is InChI=1S/C15H19ClN2O2S/c16-11-3-5-17-14(8-11)15(19)18(12-4-7-21-10-12)9-13-2-1-6-20-13/h3,5,8,12-13H,1-2,4,6-7,9-10H2. The van der Waals surface area contributed by atoms with Crippen LogP contribution in [0.5, 0.6) is 0 Å². The first-order valence-corrected chi connectivity index (χ1v) is 8.89. The molecule has 6 heteroatoms. The normalized spacial score (nSPS) is 25.2. The first kappa shape index (κ1) is 15.1. The maximum absolute atomic E-state index is 12.8. The Labute approximate surface area is 134 Å². The number of carbonyl (C=O) groups excluding carboxylic acids is 1. The number of thioether (sulfide) groups is 1. The highest BCUT2D eigenvalue weighted by Crippen LogP contribution is 2.26. The van der Waals surface area contributed by atoms with Crippen LogP contribution in [0.15, 0.2) is 18.3 Å². The van der Waals surface area contributed by atoms with Crippen LogP contribution in [0.1, 0.15) is 29.8 Å². The summed E-state index contributed by atoms with van der Waals surface area (Å²) in [5.74, 6) is 2.09. The number of nitrogens with zero attached hydrogens (tertiary/aromatic N) is 2. The minimum atomic E-state index is -0.0273. The molecule has 3 heterocycles. The molecule has 4 nitrogen and oxygen atoms in total. The smallest absolute Gasteiger partial charge is 0.272 e. The summed E-state index contributed by atoms with van der Waals surface area (Å²) in [7, 11) is 0. The maximum atomic E-state index is 12.8. The highest BCUT2D eigenvalue weighted by atomic mass is 35.5. The van der Waals surface area contributed by atoms with Gasteiger partial charge in [-0.2, -0.15) is 11.8 Å². The van der Waals surface area contributed by atoms with E-state index in [4.69, 9.17) is 16.3 Å². The summed E-state index contributed by atoms with van der Waals surface area (Å²) >= 11 is 7.89. The summed E-state index contributed by atoms with van der Waals surface area (Å²) in [4.78, 5) is 18.9. The highest BCUT2D eigenvalue weighted by molar-refractivity contribution is 7.99. The third-order valence-corrected chi connectivity index (χ3v) is 5.35. The van der Waals surface area contributed by atoms with Crippen LogP contribution in [0.2, 0.25) is 5.02 Å². The van der Waals surface area contributed by atoms with Crippen LogP contribution in [0.25, 0.3) is 0 Å².